The molecule has 0 spiro atoms. The molecule has 1 aliphatic heterocycles. The summed E-state index contributed by atoms with van der Waals surface area (Å²) < 4.78 is 18.9. The smallest absolute Gasteiger partial charge is 0.220 e. The lowest BCUT2D eigenvalue weighted by Crippen LogP contribution is -2.49. The van der Waals surface area contributed by atoms with Gasteiger partial charge in [-0.15, -0.1) is 0 Å². The van der Waals surface area contributed by atoms with Gasteiger partial charge in [-0.3, -0.25) is 4.79 Å². The quantitative estimate of drug-likeness (QED) is 0.920. The predicted octanol–water partition coefficient (Wildman–Crippen LogP) is 2.99. The molecular formula is C16H22FNO2. The highest BCUT2D eigenvalue weighted by Gasteiger charge is 2.36. The summed E-state index contributed by atoms with van der Waals surface area (Å²) in [6.45, 7) is 5.19. The van der Waals surface area contributed by atoms with E-state index >= 15 is 0 Å². The Bertz CT molecular complexity index is 467. The van der Waals surface area contributed by atoms with E-state index in [1.54, 1.807) is 6.07 Å². The maximum Gasteiger partial charge on any atom is 0.220 e. The summed E-state index contributed by atoms with van der Waals surface area (Å²) in [7, 11) is 0. The normalized spacial score (nSPS) is 18.0. The average molecular weight is 279 g/mol. The van der Waals surface area contributed by atoms with Crippen LogP contribution in [0.25, 0.3) is 0 Å². The summed E-state index contributed by atoms with van der Waals surface area (Å²) in [6.07, 6.45) is 1.85. The predicted molar refractivity (Wildman–Crippen MR) is 75.7 cm³/mol. The van der Waals surface area contributed by atoms with Gasteiger partial charge in [-0.25, -0.2) is 4.39 Å². The minimum Gasteiger partial charge on any atom is -0.381 e. The maximum absolute atomic E-state index is 13.5. The summed E-state index contributed by atoms with van der Waals surface area (Å²) in [5.41, 5.74) is 0.338. The van der Waals surface area contributed by atoms with Gasteiger partial charge >= 0.3 is 0 Å². The second-order valence-electron chi connectivity index (χ2n) is 5.85. The number of carbonyl (C=O) groups excluding carboxylic acids is 1. The molecule has 2 rings (SSSR count). The molecule has 0 radical (unpaired) electrons. The molecule has 0 saturated carbocycles. The third-order valence-electron chi connectivity index (χ3n) is 3.70. The topological polar surface area (TPSA) is 38.3 Å². The molecule has 1 aromatic rings. The lowest BCUT2D eigenvalue weighted by Gasteiger charge is -2.38. The van der Waals surface area contributed by atoms with Crippen LogP contribution in [0.1, 0.15) is 38.7 Å². The van der Waals surface area contributed by atoms with Gasteiger partial charge in [-0.05, 0) is 36.5 Å². The Kier molecular flexibility index (Phi) is 4.76. The molecule has 0 bridgehead atoms. The maximum atomic E-state index is 13.5. The zero-order valence-corrected chi connectivity index (χ0v) is 12.1. The number of hydrogen-bond acceptors (Lipinski definition) is 2. The number of hydrogen-bond donors (Lipinski definition) is 1. The zero-order chi connectivity index (χ0) is 14.6. The van der Waals surface area contributed by atoms with Gasteiger partial charge in [0.1, 0.15) is 5.82 Å². The Balaban J connectivity index is 2.23. The van der Waals surface area contributed by atoms with Gasteiger partial charge < -0.3 is 10.1 Å². The molecule has 1 heterocycles. The van der Waals surface area contributed by atoms with E-state index in [0.29, 0.717) is 38.4 Å². The Morgan fingerprint density at radius 3 is 2.70 bits per heavy atom. The van der Waals surface area contributed by atoms with Crippen LogP contribution in [-0.4, -0.2) is 19.1 Å². The monoisotopic (exact) mass is 279 g/mol. The van der Waals surface area contributed by atoms with Crippen LogP contribution < -0.4 is 5.32 Å². The fourth-order valence-corrected chi connectivity index (χ4v) is 2.68. The van der Waals surface area contributed by atoms with Crippen LogP contribution in [0.2, 0.25) is 0 Å². The highest BCUT2D eigenvalue weighted by Crippen LogP contribution is 2.32. The number of halogens is 1. The van der Waals surface area contributed by atoms with Crippen molar-refractivity contribution in [2.75, 3.05) is 13.2 Å². The number of carbonyl (C=O) groups is 1. The molecule has 1 aromatic carbocycles. The summed E-state index contributed by atoms with van der Waals surface area (Å²) >= 11 is 0. The molecule has 0 atom stereocenters. The lowest BCUT2D eigenvalue weighted by atomic mass is 9.82. The van der Waals surface area contributed by atoms with Gasteiger partial charge in [0.05, 0.1) is 5.54 Å². The number of ether oxygens (including phenoxy) is 1. The molecule has 0 aromatic heterocycles. The Hall–Kier alpha value is -1.42. The molecule has 0 aliphatic carbocycles. The van der Waals surface area contributed by atoms with Gasteiger partial charge in [0.25, 0.3) is 0 Å². The van der Waals surface area contributed by atoms with Crippen molar-refractivity contribution in [3.8, 4) is 0 Å². The average Bonchev–Trinajstić information content (AvgIpc) is 2.38. The first-order valence-corrected chi connectivity index (χ1v) is 7.17. The van der Waals surface area contributed by atoms with Crippen molar-refractivity contribution < 1.29 is 13.9 Å². The third kappa shape index (κ3) is 3.57. The van der Waals surface area contributed by atoms with Gasteiger partial charge in [0.2, 0.25) is 5.91 Å². The Morgan fingerprint density at radius 1 is 1.40 bits per heavy atom. The minimum atomic E-state index is -0.494. The van der Waals surface area contributed by atoms with Crippen molar-refractivity contribution in [3.05, 3.63) is 35.6 Å². The van der Waals surface area contributed by atoms with Crippen LogP contribution in [0, 0.1) is 11.7 Å². The third-order valence-corrected chi connectivity index (χ3v) is 3.70. The summed E-state index contributed by atoms with van der Waals surface area (Å²) in [5.74, 6) is 0.0528. The van der Waals surface area contributed by atoms with Crippen LogP contribution in [0.4, 0.5) is 4.39 Å². The van der Waals surface area contributed by atoms with Gasteiger partial charge in [-0.1, -0.05) is 26.0 Å². The van der Waals surface area contributed by atoms with Crippen molar-refractivity contribution in [2.45, 2.75) is 38.6 Å². The van der Waals surface area contributed by atoms with E-state index < -0.39 is 5.54 Å². The fraction of sp³-hybridized carbons (Fsp3) is 0.562. The van der Waals surface area contributed by atoms with E-state index in [1.165, 1.54) is 12.1 Å². The van der Waals surface area contributed by atoms with Crippen molar-refractivity contribution in [1.29, 1.82) is 0 Å². The molecule has 1 aliphatic rings. The fourth-order valence-electron chi connectivity index (χ4n) is 2.68. The van der Waals surface area contributed by atoms with E-state index in [2.05, 4.69) is 5.32 Å². The van der Waals surface area contributed by atoms with Crippen molar-refractivity contribution in [3.63, 3.8) is 0 Å². The standard InChI is InChI=1S/C16H22FNO2/c1-12(2)10-15(19)18-16(6-8-20-9-7-16)13-4-3-5-14(17)11-13/h3-5,11-12H,6-10H2,1-2H3,(H,18,19). The summed E-state index contributed by atoms with van der Waals surface area (Å²) in [6, 6.07) is 6.51. The Morgan fingerprint density at radius 2 is 2.10 bits per heavy atom. The molecule has 1 saturated heterocycles. The van der Waals surface area contributed by atoms with E-state index in [-0.39, 0.29) is 11.7 Å². The number of benzene rings is 1. The second-order valence-corrected chi connectivity index (χ2v) is 5.85. The van der Waals surface area contributed by atoms with Crippen LogP contribution in [0.5, 0.6) is 0 Å². The van der Waals surface area contributed by atoms with E-state index in [0.717, 1.165) is 5.56 Å². The van der Waals surface area contributed by atoms with Gasteiger partial charge in [-0.2, -0.15) is 0 Å². The lowest BCUT2D eigenvalue weighted by molar-refractivity contribution is -0.125. The SMILES string of the molecule is CC(C)CC(=O)NC1(c2cccc(F)c2)CCOCC1. The molecule has 110 valence electrons. The zero-order valence-electron chi connectivity index (χ0n) is 12.1. The molecule has 1 N–H and O–H groups in total. The molecule has 0 unspecified atom stereocenters. The highest BCUT2D eigenvalue weighted by atomic mass is 19.1. The first-order chi connectivity index (χ1) is 9.52. The summed E-state index contributed by atoms with van der Waals surface area (Å²) in [5, 5.41) is 3.12. The largest absolute Gasteiger partial charge is 0.381 e. The number of nitrogens with one attached hydrogen (secondary N) is 1. The number of rotatable bonds is 4. The van der Waals surface area contributed by atoms with Crippen LogP contribution in [0.3, 0.4) is 0 Å². The molecule has 4 heteroatoms. The van der Waals surface area contributed by atoms with Crippen molar-refractivity contribution in [1.82, 2.24) is 5.32 Å². The summed E-state index contributed by atoms with van der Waals surface area (Å²) in [4.78, 5) is 12.1. The molecule has 3 nitrogen and oxygen atoms in total. The van der Waals surface area contributed by atoms with E-state index in [9.17, 15) is 9.18 Å². The first kappa shape index (κ1) is 15.0. The van der Waals surface area contributed by atoms with Crippen LogP contribution in [0.15, 0.2) is 24.3 Å². The second kappa shape index (κ2) is 6.35. The van der Waals surface area contributed by atoms with Crippen LogP contribution >= 0.6 is 0 Å². The molecule has 20 heavy (non-hydrogen) atoms. The molecular weight excluding hydrogens is 257 g/mol. The van der Waals surface area contributed by atoms with Crippen molar-refractivity contribution >= 4 is 5.91 Å². The Labute approximate surface area is 119 Å². The van der Waals surface area contributed by atoms with Gasteiger partial charge in [0, 0.05) is 19.6 Å². The number of amides is 1. The minimum absolute atomic E-state index is 0.0196. The van der Waals surface area contributed by atoms with Crippen LogP contribution in [-0.2, 0) is 15.1 Å². The van der Waals surface area contributed by atoms with E-state index in [4.69, 9.17) is 4.74 Å². The molecule has 1 amide bonds. The van der Waals surface area contributed by atoms with Crippen molar-refractivity contribution in [2.24, 2.45) is 5.92 Å². The van der Waals surface area contributed by atoms with Gasteiger partial charge in [0.15, 0.2) is 0 Å². The molecule has 1 fully saturated rings. The first-order valence-electron chi connectivity index (χ1n) is 7.17. The van der Waals surface area contributed by atoms with E-state index in [1.807, 2.05) is 19.9 Å². The highest BCUT2D eigenvalue weighted by molar-refractivity contribution is 5.77.